The van der Waals surface area contributed by atoms with Crippen LogP contribution in [-0.4, -0.2) is 18.7 Å². The maximum absolute atomic E-state index is 10.2. The zero-order valence-electron chi connectivity index (χ0n) is 6.00. The Morgan fingerprint density at radius 2 is 2.22 bits per heavy atom. The third kappa shape index (κ3) is 5.06. The summed E-state index contributed by atoms with van der Waals surface area (Å²) >= 11 is 0. The molecule has 0 spiro atoms. The summed E-state index contributed by atoms with van der Waals surface area (Å²) < 4.78 is 0. The van der Waals surface area contributed by atoms with E-state index in [0.29, 0.717) is 12.5 Å². The zero-order chi connectivity index (χ0) is 7.28. The molecule has 0 aliphatic heterocycles. The van der Waals surface area contributed by atoms with E-state index in [0.717, 1.165) is 0 Å². The van der Waals surface area contributed by atoms with Crippen LogP contribution in [-0.2, 0) is 4.84 Å². The summed E-state index contributed by atoms with van der Waals surface area (Å²) in [5.41, 5.74) is 0. The Bertz CT molecular complexity index is 101. The Labute approximate surface area is 54.7 Å². The van der Waals surface area contributed by atoms with Gasteiger partial charge in [-0.25, -0.2) is 5.21 Å². The van der Waals surface area contributed by atoms with Crippen LogP contribution in [0.5, 0.6) is 0 Å². The second-order valence-electron chi connectivity index (χ2n) is 2.14. The summed E-state index contributed by atoms with van der Waals surface area (Å²) in [6.07, 6.45) is 0. The predicted molar refractivity (Wildman–Crippen MR) is 32.8 cm³/mol. The van der Waals surface area contributed by atoms with E-state index in [-0.39, 0.29) is 5.02 Å². The maximum atomic E-state index is 10.2. The molecule has 0 aliphatic rings. The van der Waals surface area contributed by atoms with Crippen LogP contribution < -0.4 is 0 Å². The molecule has 54 valence electrons. The van der Waals surface area contributed by atoms with Gasteiger partial charge >= 0.3 is 0 Å². The first-order valence-electron chi connectivity index (χ1n) is 2.85. The summed E-state index contributed by atoms with van der Waals surface area (Å²) in [5, 5.41) is 14.0. The largest absolute Gasteiger partial charge is 0.384 e. The van der Waals surface area contributed by atoms with Crippen LogP contribution in [0.1, 0.15) is 13.8 Å². The predicted octanol–water partition coefficient (Wildman–Crippen LogP) is 1.17. The second-order valence-corrected chi connectivity index (χ2v) is 2.14. The average molecular weight is 132 g/mol. The van der Waals surface area contributed by atoms with Crippen molar-refractivity contribution in [1.82, 2.24) is 0 Å². The van der Waals surface area contributed by atoms with Crippen molar-refractivity contribution in [3.8, 4) is 0 Å². The summed E-state index contributed by atoms with van der Waals surface area (Å²) in [7, 11) is 1.29. The molecule has 0 rings (SSSR count). The Morgan fingerprint density at radius 3 is 2.56 bits per heavy atom. The summed E-state index contributed by atoms with van der Waals surface area (Å²) in [6.45, 7) is 4.47. The van der Waals surface area contributed by atoms with Crippen LogP contribution >= 0.6 is 0 Å². The molecule has 4 heteroatoms. The molecular weight excluding hydrogens is 120 g/mol. The molecule has 0 radical (unpaired) electrons. The fraction of sp³-hybridized carbons (Fsp3) is 1.00. The van der Waals surface area contributed by atoms with Crippen molar-refractivity contribution in [2.24, 2.45) is 11.0 Å². The highest BCUT2D eigenvalue weighted by Gasteiger charge is 1.95. The molecule has 0 saturated carbocycles. The van der Waals surface area contributed by atoms with Crippen LogP contribution in [0, 0.1) is 11.1 Å². The lowest BCUT2D eigenvalue weighted by molar-refractivity contribution is -0.783. The average Bonchev–Trinajstić information content (AvgIpc) is 1.83. The molecule has 4 nitrogen and oxygen atoms in total. The Morgan fingerprint density at radius 1 is 1.67 bits per heavy atom. The van der Waals surface area contributed by atoms with E-state index in [9.17, 15) is 5.21 Å². The minimum atomic E-state index is 0.222. The molecule has 0 amide bonds. The maximum Gasteiger partial charge on any atom is 0.168 e. The van der Waals surface area contributed by atoms with Gasteiger partial charge in [-0.15, -0.1) is 0 Å². The van der Waals surface area contributed by atoms with Gasteiger partial charge in [0.25, 0.3) is 0 Å². The molecular formula is C5H12N2O2. The van der Waals surface area contributed by atoms with Gasteiger partial charge in [-0.1, -0.05) is 13.8 Å². The SMILES string of the molecule is CO[N+]([O-])=NCC(C)C. The number of hydrogen-bond acceptors (Lipinski definition) is 3. The van der Waals surface area contributed by atoms with Crippen molar-refractivity contribution in [2.45, 2.75) is 13.8 Å². The van der Waals surface area contributed by atoms with E-state index in [4.69, 9.17) is 0 Å². The van der Waals surface area contributed by atoms with Gasteiger partial charge < -0.3 is 4.84 Å². The molecule has 0 unspecified atom stereocenters. The van der Waals surface area contributed by atoms with E-state index in [1.165, 1.54) is 7.11 Å². The van der Waals surface area contributed by atoms with Crippen molar-refractivity contribution in [2.75, 3.05) is 13.7 Å². The fourth-order valence-electron chi connectivity index (χ4n) is 0.288. The van der Waals surface area contributed by atoms with Crippen molar-refractivity contribution in [3.05, 3.63) is 5.21 Å². The minimum Gasteiger partial charge on any atom is -0.384 e. The molecule has 0 aromatic carbocycles. The smallest absolute Gasteiger partial charge is 0.168 e. The van der Waals surface area contributed by atoms with Crippen molar-refractivity contribution in [1.29, 1.82) is 0 Å². The van der Waals surface area contributed by atoms with E-state index < -0.39 is 0 Å². The molecule has 0 aromatic rings. The lowest BCUT2D eigenvalue weighted by Gasteiger charge is -1.94. The van der Waals surface area contributed by atoms with Gasteiger partial charge in [0.1, 0.15) is 6.54 Å². The lowest BCUT2D eigenvalue weighted by atomic mass is 10.2. The van der Waals surface area contributed by atoms with Crippen molar-refractivity contribution >= 4 is 0 Å². The highest BCUT2D eigenvalue weighted by atomic mass is 16.9. The van der Waals surface area contributed by atoms with Crippen LogP contribution in [0.4, 0.5) is 0 Å². The molecule has 9 heavy (non-hydrogen) atoms. The van der Waals surface area contributed by atoms with Gasteiger partial charge in [-0.3, -0.25) is 0 Å². The molecule has 0 saturated heterocycles. The molecule has 0 aromatic heterocycles. The minimum absolute atomic E-state index is 0.222. The second kappa shape index (κ2) is 4.12. The number of hydrogen-bond donors (Lipinski definition) is 0. The first-order chi connectivity index (χ1) is 4.16. The first-order valence-corrected chi connectivity index (χ1v) is 2.85. The molecule has 0 atom stereocenters. The quantitative estimate of drug-likeness (QED) is 0.427. The highest BCUT2D eigenvalue weighted by molar-refractivity contribution is 4.40. The summed E-state index contributed by atoms with van der Waals surface area (Å²) in [4.78, 5) is 4.21. The van der Waals surface area contributed by atoms with Gasteiger partial charge in [0, 0.05) is 12.2 Å². The molecule has 0 fully saturated rings. The Hall–Kier alpha value is -0.800. The van der Waals surface area contributed by atoms with Crippen LogP contribution in [0.2, 0.25) is 0 Å². The van der Waals surface area contributed by atoms with Gasteiger partial charge in [-0.05, 0) is 5.92 Å². The normalized spacial score (nSPS) is 12.2. The van der Waals surface area contributed by atoms with E-state index >= 15 is 0 Å². The topological polar surface area (TPSA) is 47.7 Å². The van der Waals surface area contributed by atoms with Crippen LogP contribution in [0.15, 0.2) is 5.11 Å². The third-order valence-corrected chi connectivity index (χ3v) is 0.718. The number of rotatable bonds is 3. The summed E-state index contributed by atoms with van der Waals surface area (Å²) in [6, 6.07) is 0. The Balaban J connectivity index is 3.43. The van der Waals surface area contributed by atoms with Gasteiger partial charge in [0.15, 0.2) is 5.02 Å². The van der Waals surface area contributed by atoms with Crippen LogP contribution in [0.25, 0.3) is 0 Å². The molecule has 0 bridgehead atoms. The molecule has 0 N–H and O–H groups in total. The first kappa shape index (κ1) is 8.20. The van der Waals surface area contributed by atoms with Crippen molar-refractivity contribution < 1.29 is 9.86 Å². The van der Waals surface area contributed by atoms with E-state index in [1.807, 2.05) is 13.8 Å². The van der Waals surface area contributed by atoms with Gasteiger partial charge in [0.05, 0.1) is 0 Å². The van der Waals surface area contributed by atoms with Gasteiger partial charge in [0.2, 0.25) is 0 Å². The standard InChI is InChI=1S/C5H12N2O2/c1-5(2)4-6-7(8)9-3/h5H,4H2,1-3H3. The fourth-order valence-corrected chi connectivity index (χ4v) is 0.288. The number of nitrogens with zero attached hydrogens (tertiary/aromatic N) is 2. The summed E-state index contributed by atoms with van der Waals surface area (Å²) in [5.74, 6) is 0.400. The Kier molecular flexibility index (Phi) is 3.75. The van der Waals surface area contributed by atoms with Crippen LogP contribution in [0.3, 0.4) is 0 Å². The van der Waals surface area contributed by atoms with E-state index in [1.54, 1.807) is 0 Å². The molecule has 0 aliphatic carbocycles. The third-order valence-electron chi connectivity index (χ3n) is 0.718. The van der Waals surface area contributed by atoms with Gasteiger partial charge in [-0.2, -0.15) is 0 Å². The lowest BCUT2D eigenvalue weighted by Crippen LogP contribution is -2.01. The van der Waals surface area contributed by atoms with Crippen molar-refractivity contribution in [3.63, 3.8) is 0 Å². The highest BCUT2D eigenvalue weighted by Crippen LogP contribution is 1.91. The zero-order valence-corrected chi connectivity index (χ0v) is 6.00. The monoisotopic (exact) mass is 132 g/mol. The molecule has 0 heterocycles. The van der Waals surface area contributed by atoms with E-state index in [2.05, 4.69) is 9.95 Å².